The summed E-state index contributed by atoms with van der Waals surface area (Å²) in [6.45, 7) is -3.64. The van der Waals surface area contributed by atoms with Crippen molar-refractivity contribution in [1.82, 2.24) is 0 Å². The molecule has 0 aliphatic heterocycles. The van der Waals surface area contributed by atoms with Crippen molar-refractivity contribution in [2.75, 3.05) is 17.7 Å². The van der Waals surface area contributed by atoms with E-state index in [-0.39, 0.29) is 22.8 Å². The van der Waals surface area contributed by atoms with E-state index in [1.54, 1.807) is 6.07 Å². The summed E-state index contributed by atoms with van der Waals surface area (Å²) >= 11 is 0. The van der Waals surface area contributed by atoms with Crippen LogP contribution in [-0.4, -0.2) is 25.1 Å². The Kier molecular flexibility index (Phi) is 5.61. The summed E-state index contributed by atoms with van der Waals surface area (Å²) in [5.41, 5.74) is 5.68. The lowest BCUT2D eigenvalue weighted by Crippen LogP contribution is -2.23. The topological polar surface area (TPSA) is 105 Å². The predicted molar refractivity (Wildman–Crippen MR) is 79.4 cm³/mol. The average molecular weight is 338 g/mol. The number of hydrogen-bond acceptors (Lipinski definition) is 5. The van der Waals surface area contributed by atoms with Gasteiger partial charge in [-0.2, -0.15) is 8.78 Å². The molecule has 0 bridgehead atoms. The second kappa shape index (κ2) is 7.86. The lowest BCUT2D eigenvalue weighted by atomic mass is 10.2. The number of hydrogen-bond donors (Lipinski definition) is 2. The monoisotopic (exact) mass is 338 g/mol. The Labute approximate surface area is 135 Å². The van der Waals surface area contributed by atoms with Gasteiger partial charge in [-0.15, -0.1) is 0 Å². The second-order valence-electron chi connectivity index (χ2n) is 4.50. The number of amides is 1. The van der Waals surface area contributed by atoms with Crippen LogP contribution in [0.2, 0.25) is 0 Å². The molecular weight excluding hydrogens is 324 g/mol. The zero-order chi connectivity index (χ0) is 17.5. The van der Waals surface area contributed by atoms with E-state index in [2.05, 4.69) is 15.0 Å². The molecule has 0 fully saturated rings. The molecule has 1 amide bonds. The Morgan fingerprint density at radius 1 is 1.21 bits per heavy atom. The number of H-pyrrole nitrogens is 1. The molecule has 4 N–H and O–H groups in total. The Morgan fingerprint density at radius 3 is 2.67 bits per heavy atom. The molecule has 0 unspecified atom stereocenters. The van der Waals surface area contributed by atoms with Crippen LogP contribution in [0.1, 0.15) is 10.4 Å². The van der Waals surface area contributed by atoms with Gasteiger partial charge < -0.3 is 14.8 Å². The number of nitrogens with two attached hydrogens (primary N) is 1. The molecule has 24 heavy (non-hydrogen) atoms. The number of nitrogen functional groups attached to an aromatic ring is 1. The number of halogens is 2. The summed E-state index contributed by atoms with van der Waals surface area (Å²) in [6, 6.07) is 8.63. The maximum Gasteiger partial charge on any atom is 0.387 e. The molecule has 0 radical (unpaired) electrons. The Hall–Kier alpha value is -3.23. The number of benzene rings is 1. The first-order valence-corrected chi connectivity index (χ1v) is 6.74. The number of aromatic nitrogens is 1. The number of nitrogens with one attached hydrogen (secondary N) is 2. The highest BCUT2D eigenvalue weighted by Crippen LogP contribution is 2.25. The van der Waals surface area contributed by atoms with Gasteiger partial charge in [-0.05, 0) is 24.3 Å². The number of esters is 1. The summed E-state index contributed by atoms with van der Waals surface area (Å²) in [7, 11) is 0. The fourth-order valence-electron chi connectivity index (χ4n) is 1.79. The van der Waals surface area contributed by atoms with E-state index >= 15 is 0 Å². The summed E-state index contributed by atoms with van der Waals surface area (Å²) in [5.74, 6) is -1.61. The third-order valence-electron chi connectivity index (χ3n) is 2.82. The number of ether oxygens (including phenoxy) is 2. The molecule has 0 aliphatic carbocycles. The van der Waals surface area contributed by atoms with E-state index in [1.807, 2.05) is 0 Å². The Bertz CT molecular complexity index is 740. The summed E-state index contributed by atoms with van der Waals surface area (Å²) in [6.07, 6.45) is 1.53. The van der Waals surface area contributed by atoms with Crippen LogP contribution in [0.3, 0.4) is 0 Å². The Balaban J connectivity index is 1.95. The van der Waals surface area contributed by atoms with Gasteiger partial charge in [-0.1, -0.05) is 12.1 Å². The van der Waals surface area contributed by atoms with Crippen LogP contribution >= 0.6 is 0 Å². The molecule has 0 spiro atoms. The van der Waals surface area contributed by atoms with E-state index in [9.17, 15) is 18.4 Å². The van der Waals surface area contributed by atoms with Crippen molar-refractivity contribution in [3.8, 4) is 5.75 Å². The van der Waals surface area contributed by atoms with E-state index in [0.717, 1.165) is 0 Å². The van der Waals surface area contributed by atoms with Crippen molar-refractivity contribution >= 4 is 23.4 Å². The molecule has 1 aromatic heterocycles. The molecule has 1 aromatic carbocycles. The minimum absolute atomic E-state index is 0.0337. The van der Waals surface area contributed by atoms with Crippen molar-refractivity contribution in [2.45, 2.75) is 6.61 Å². The van der Waals surface area contributed by atoms with Crippen LogP contribution in [0.4, 0.5) is 20.3 Å². The number of anilines is 2. The second-order valence-corrected chi connectivity index (χ2v) is 4.50. The number of pyridine rings is 1. The maximum atomic E-state index is 12.3. The number of carbonyl (C=O) groups excluding carboxylic acids is 2. The highest BCUT2D eigenvalue weighted by Gasteiger charge is 2.17. The molecule has 0 saturated carbocycles. The molecule has 7 nitrogen and oxygen atoms in total. The largest absolute Gasteiger partial charge is 0.452 e. The summed E-state index contributed by atoms with van der Waals surface area (Å²) < 4.78 is 33.7. The standard InChI is InChI=1S/C15H13F2N3O4/c16-15(17)24-11-6-2-1-5-10(11)20-12(21)8-23-14(22)9-4-3-7-19-13(9)18/h1-7,15H,8H2,(H2,18,19)(H,20,21)/p+1. The smallest absolute Gasteiger partial charge is 0.387 e. The third kappa shape index (κ3) is 4.63. The molecule has 9 heteroatoms. The zero-order valence-corrected chi connectivity index (χ0v) is 12.3. The van der Waals surface area contributed by atoms with Crippen LogP contribution in [0.25, 0.3) is 0 Å². The van der Waals surface area contributed by atoms with E-state index in [0.29, 0.717) is 0 Å². The maximum absolute atomic E-state index is 12.3. The van der Waals surface area contributed by atoms with Crippen LogP contribution in [0, 0.1) is 0 Å². The highest BCUT2D eigenvalue weighted by atomic mass is 19.3. The zero-order valence-electron chi connectivity index (χ0n) is 12.3. The molecule has 126 valence electrons. The van der Waals surface area contributed by atoms with Crippen LogP contribution in [0.15, 0.2) is 42.6 Å². The van der Waals surface area contributed by atoms with Gasteiger partial charge in [0.2, 0.25) is 0 Å². The highest BCUT2D eigenvalue weighted by molar-refractivity contribution is 5.97. The average Bonchev–Trinajstić information content (AvgIpc) is 2.54. The molecule has 0 saturated heterocycles. The van der Waals surface area contributed by atoms with Crippen molar-refractivity contribution in [2.24, 2.45) is 0 Å². The number of carbonyl (C=O) groups is 2. The SMILES string of the molecule is Nc1[nH+]cccc1C(=O)OCC(=O)Nc1ccccc1OC(F)F. The van der Waals surface area contributed by atoms with E-state index in [1.165, 1.54) is 36.5 Å². The van der Waals surface area contributed by atoms with Gasteiger partial charge >= 0.3 is 12.6 Å². The number of alkyl halides is 2. The first-order chi connectivity index (χ1) is 11.5. The van der Waals surface area contributed by atoms with Crippen LogP contribution in [0.5, 0.6) is 5.75 Å². The summed E-state index contributed by atoms with van der Waals surface area (Å²) in [5, 5.41) is 2.32. The molecule has 0 atom stereocenters. The van der Waals surface area contributed by atoms with Crippen molar-refractivity contribution in [3.05, 3.63) is 48.2 Å². The number of aromatic amines is 1. The van der Waals surface area contributed by atoms with Gasteiger partial charge in [0.15, 0.2) is 6.61 Å². The first kappa shape index (κ1) is 17.1. The number of rotatable bonds is 6. The summed E-state index contributed by atoms with van der Waals surface area (Å²) in [4.78, 5) is 26.2. The third-order valence-corrected chi connectivity index (χ3v) is 2.82. The quantitative estimate of drug-likeness (QED) is 0.776. The molecule has 2 rings (SSSR count). The minimum Gasteiger partial charge on any atom is -0.452 e. The van der Waals surface area contributed by atoms with Gasteiger partial charge in [0.1, 0.15) is 11.3 Å². The first-order valence-electron chi connectivity index (χ1n) is 6.74. The van der Waals surface area contributed by atoms with Gasteiger partial charge in [0, 0.05) is 0 Å². The van der Waals surface area contributed by atoms with Crippen molar-refractivity contribution in [3.63, 3.8) is 0 Å². The van der Waals surface area contributed by atoms with E-state index in [4.69, 9.17) is 10.5 Å². The number of para-hydroxylation sites is 2. The lowest BCUT2D eigenvalue weighted by Gasteiger charge is -2.11. The van der Waals surface area contributed by atoms with Crippen molar-refractivity contribution in [1.29, 1.82) is 0 Å². The lowest BCUT2D eigenvalue weighted by molar-refractivity contribution is -0.360. The Morgan fingerprint density at radius 2 is 1.96 bits per heavy atom. The fourth-order valence-corrected chi connectivity index (χ4v) is 1.79. The molecule has 2 aromatic rings. The van der Waals surface area contributed by atoms with Gasteiger partial charge in [-0.3, -0.25) is 10.5 Å². The van der Waals surface area contributed by atoms with Crippen LogP contribution in [-0.2, 0) is 9.53 Å². The minimum atomic E-state index is -3.03. The predicted octanol–water partition coefficient (Wildman–Crippen LogP) is 1.48. The molecule has 1 heterocycles. The molecular formula is C15H14F2N3O4+. The van der Waals surface area contributed by atoms with Gasteiger partial charge in [0.05, 0.1) is 11.9 Å². The normalized spacial score (nSPS) is 10.3. The fraction of sp³-hybridized carbons (Fsp3) is 0.133. The molecule has 0 aliphatic rings. The van der Waals surface area contributed by atoms with Gasteiger partial charge in [0.25, 0.3) is 11.7 Å². The van der Waals surface area contributed by atoms with E-state index < -0.39 is 25.1 Å². The van der Waals surface area contributed by atoms with Gasteiger partial charge in [-0.25, -0.2) is 9.78 Å². The van der Waals surface area contributed by atoms with Crippen LogP contribution < -0.4 is 20.8 Å². The van der Waals surface area contributed by atoms with Crippen molar-refractivity contribution < 1.29 is 32.8 Å².